The van der Waals surface area contributed by atoms with E-state index in [1.165, 1.54) is 17.0 Å². The summed E-state index contributed by atoms with van der Waals surface area (Å²) in [6.07, 6.45) is 0. The Labute approximate surface area is 109 Å². The topological polar surface area (TPSA) is 78.9 Å². The fourth-order valence-electron chi connectivity index (χ4n) is 1.39. The smallest absolute Gasteiger partial charge is 0.257 e. The molecule has 0 atom stereocenters. The Balaban J connectivity index is 3.00. The molecule has 0 unspecified atom stereocenters. The third-order valence-electron chi connectivity index (χ3n) is 2.31. The molecule has 0 heterocycles. The van der Waals surface area contributed by atoms with Crippen LogP contribution in [0.4, 0.5) is 4.39 Å². The van der Waals surface area contributed by atoms with Crippen molar-refractivity contribution in [3.8, 4) is 0 Å². The van der Waals surface area contributed by atoms with Gasteiger partial charge in [-0.25, -0.2) is 4.39 Å². The zero-order valence-electron chi connectivity index (χ0n) is 9.73. The summed E-state index contributed by atoms with van der Waals surface area (Å²) < 4.78 is 13.5. The average Bonchev–Trinajstić information content (AvgIpc) is 2.37. The largest absolute Gasteiger partial charge is 0.409 e. The Kier molecular flexibility index (Phi) is 4.91. The fourth-order valence-corrected chi connectivity index (χ4v) is 1.56. The van der Waals surface area contributed by atoms with Gasteiger partial charge in [0.05, 0.1) is 12.1 Å². The van der Waals surface area contributed by atoms with Gasteiger partial charge in [-0.1, -0.05) is 16.8 Å². The van der Waals surface area contributed by atoms with Gasteiger partial charge in [-0.3, -0.25) is 4.79 Å². The fraction of sp³-hybridized carbons (Fsp3) is 0.273. The third kappa shape index (κ3) is 3.33. The van der Waals surface area contributed by atoms with Gasteiger partial charge in [0.2, 0.25) is 0 Å². The van der Waals surface area contributed by atoms with E-state index in [9.17, 15) is 9.18 Å². The van der Waals surface area contributed by atoms with Gasteiger partial charge in [0.1, 0.15) is 5.82 Å². The van der Waals surface area contributed by atoms with Crippen LogP contribution in [0.15, 0.2) is 23.4 Å². The van der Waals surface area contributed by atoms with Gasteiger partial charge in [-0.05, 0) is 25.1 Å². The molecule has 0 aliphatic carbocycles. The third-order valence-corrected chi connectivity index (χ3v) is 2.54. The number of rotatable bonds is 4. The predicted octanol–water partition coefficient (Wildman–Crippen LogP) is 1.69. The first kappa shape index (κ1) is 14.2. The molecule has 0 aromatic heterocycles. The number of nitrogens with two attached hydrogens (primary N) is 1. The van der Waals surface area contributed by atoms with Crippen molar-refractivity contribution in [2.24, 2.45) is 10.9 Å². The summed E-state index contributed by atoms with van der Waals surface area (Å²) in [6, 6.07) is 3.72. The molecule has 0 aliphatic heterocycles. The lowest BCUT2D eigenvalue weighted by atomic mass is 10.2. The molecule has 7 heteroatoms. The number of hydrogen-bond donors (Lipinski definition) is 2. The molecule has 0 saturated carbocycles. The van der Waals surface area contributed by atoms with E-state index in [1.54, 1.807) is 6.92 Å². The summed E-state index contributed by atoms with van der Waals surface area (Å²) in [5, 5.41) is 11.5. The lowest BCUT2D eigenvalue weighted by Crippen LogP contribution is -2.38. The number of nitrogens with zero attached hydrogens (tertiary/aromatic N) is 2. The van der Waals surface area contributed by atoms with Gasteiger partial charge in [0.15, 0.2) is 5.84 Å². The van der Waals surface area contributed by atoms with Crippen molar-refractivity contribution < 1.29 is 14.4 Å². The van der Waals surface area contributed by atoms with Gasteiger partial charge in [-0.15, -0.1) is 0 Å². The number of likely N-dealkylation sites (N-methyl/N-ethyl adjacent to an activating group) is 1. The summed E-state index contributed by atoms with van der Waals surface area (Å²) in [5.74, 6) is -1.36. The second-order valence-corrected chi connectivity index (χ2v) is 3.97. The molecular formula is C11H13ClFN3O2. The molecule has 0 fully saturated rings. The molecule has 1 aromatic rings. The van der Waals surface area contributed by atoms with E-state index in [1.807, 2.05) is 0 Å². The van der Waals surface area contributed by atoms with E-state index >= 15 is 0 Å². The van der Waals surface area contributed by atoms with E-state index in [2.05, 4.69) is 5.16 Å². The number of amides is 1. The zero-order valence-corrected chi connectivity index (χ0v) is 10.5. The van der Waals surface area contributed by atoms with Gasteiger partial charge in [0.25, 0.3) is 5.91 Å². The second kappa shape index (κ2) is 6.20. The van der Waals surface area contributed by atoms with Crippen LogP contribution in [0, 0.1) is 5.82 Å². The van der Waals surface area contributed by atoms with Crippen LogP contribution >= 0.6 is 11.6 Å². The van der Waals surface area contributed by atoms with Crippen LogP contribution in [0.5, 0.6) is 0 Å². The number of oxime groups is 1. The molecule has 1 aromatic carbocycles. The van der Waals surface area contributed by atoms with Crippen molar-refractivity contribution in [2.45, 2.75) is 6.92 Å². The standard InChI is InChI=1S/C11H13ClFN3O2/c1-2-16(6-10(14)15-18)11(17)8-5-7(12)3-4-9(8)13/h3-5,18H,2,6H2,1H3,(H2,14,15). The number of halogens is 2. The molecule has 1 amide bonds. The van der Waals surface area contributed by atoms with Crippen molar-refractivity contribution >= 4 is 23.3 Å². The highest BCUT2D eigenvalue weighted by Gasteiger charge is 2.19. The zero-order chi connectivity index (χ0) is 13.7. The number of carbonyl (C=O) groups is 1. The molecular weight excluding hydrogens is 261 g/mol. The summed E-state index contributed by atoms with van der Waals surface area (Å²) >= 11 is 5.72. The van der Waals surface area contributed by atoms with Crippen LogP contribution in [0.1, 0.15) is 17.3 Å². The first-order chi connectivity index (χ1) is 8.49. The minimum absolute atomic E-state index is 0.0855. The molecule has 98 valence electrons. The quantitative estimate of drug-likeness (QED) is 0.379. The normalized spacial score (nSPS) is 11.4. The van der Waals surface area contributed by atoms with E-state index in [0.717, 1.165) is 6.07 Å². The van der Waals surface area contributed by atoms with Crippen molar-refractivity contribution in [1.29, 1.82) is 0 Å². The molecule has 1 rings (SSSR count). The Morgan fingerprint density at radius 2 is 2.28 bits per heavy atom. The van der Waals surface area contributed by atoms with Crippen LogP contribution in [-0.4, -0.2) is 34.9 Å². The molecule has 0 saturated heterocycles. The average molecular weight is 274 g/mol. The molecule has 0 spiro atoms. The predicted molar refractivity (Wildman–Crippen MR) is 66.4 cm³/mol. The van der Waals surface area contributed by atoms with Gasteiger partial charge in [0, 0.05) is 11.6 Å². The van der Waals surface area contributed by atoms with Crippen LogP contribution < -0.4 is 5.73 Å². The SMILES string of the molecule is CCN(CC(N)=NO)C(=O)c1cc(Cl)ccc1F. The van der Waals surface area contributed by atoms with Crippen LogP contribution in [-0.2, 0) is 0 Å². The number of amidine groups is 1. The maximum Gasteiger partial charge on any atom is 0.257 e. The minimum atomic E-state index is -0.664. The minimum Gasteiger partial charge on any atom is -0.409 e. The maximum atomic E-state index is 13.5. The first-order valence-electron chi connectivity index (χ1n) is 5.20. The summed E-state index contributed by atoms with van der Waals surface area (Å²) in [6.45, 7) is 1.91. The maximum absolute atomic E-state index is 13.5. The highest BCUT2D eigenvalue weighted by molar-refractivity contribution is 6.31. The molecule has 18 heavy (non-hydrogen) atoms. The van der Waals surface area contributed by atoms with Gasteiger partial charge in [-0.2, -0.15) is 0 Å². The Morgan fingerprint density at radius 1 is 1.61 bits per heavy atom. The van der Waals surface area contributed by atoms with E-state index in [0.29, 0.717) is 6.54 Å². The Bertz CT molecular complexity index is 479. The molecule has 0 bridgehead atoms. The summed E-state index contributed by atoms with van der Waals surface area (Å²) in [7, 11) is 0. The van der Waals surface area contributed by atoms with E-state index in [-0.39, 0.29) is 23.0 Å². The van der Waals surface area contributed by atoms with Crippen molar-refractivity contribution in [1.82, 2.24) is 4.90 Å². The molecule has 0 aliphatic rings. The lowest BCUT2D eigenvalue weighted by Gasteiger charge is -2.20. The Morgan fingerprint density at radius 3 is 2.83 bits per heavy atom. The van der Waals surface area contributed by atoms with E-state index in [4.69, 9.17) is 22.5 Å². The van der Waals surface area contributed by atoms with Crippen molar-refractivity contribution in [2.75, 3.05) is 13.1 Å². The first-order valence-corrected chi connectivity index (χ1v) is 5.58. The molecule has 3 N–H and O–H groups in total. The van der Waals surface area contributed by atoms with Gasteiger partial charge < -0.3 is 15.8 Å². The number of carbonyl (C=O) groups excluding carboxylic acids is 1. The number of benzene rings is 1. The van der Waals surface area contributed by atoms with Crippen molar-refractivity contribution in [3.63, 3.8) is 0 Å². The van der Waals surface area contributed by atoms with Crippen LogP contribution in [0.2, 0.25) is 5.02 Å². The summed E-state index contributed by atoms with van der Waals surface area (Å²) in [5.41, 5.74) is 5.18. The molecule has 5 nitrogen and oxygen atoms in total. The van der Waals surface area contributed by atoms with Crippen LogP contribution in [0.25, 0.3) is 0 Å². The van der Waals surface area contributed by atoms with E-state index < -0.39 is 11.7 Å². The van der Waals surface area contributed by atoms with Gasteiger partial charge >= 0.3 is 0 Å². The lowest BCUT2D eigenvalue weighted by molar-refractivity contribution is 0.0781. The van der Waals surface area contributed by atoms with Crippen molar-refractivity contribution in [3.05, 3.63) is 34.6 Å². The van der Waals surface area contributed by atoms with Crippen LogP contribution in [0.3, 0.4) is 0 Å². The Hall–Kier alpha value is -1.82. The second-order valence-electron chi connectivity index (χ2n) is 3.53. The summed E-state index contributed by atoms with van der Waals surface area (Å²) in [4.78, 5) is 13.3. The highest BCUT2D eigenvalue weighted by Crippen LogP contribution is 2.16. The number of hydrogen-bond acceptors (Lipinski definition) is 3. The highest BCUT2D eigenvalue weighted by atomic mass is 35.5. The molecule has 0 radical (unpaired) electrons. The monoisotopic (exact) mass is 273 g/mol.